The van der Waals surface area contributed by atoms with Crippen LogP contribution >= 0.6 is 11.6 Å². The summed E-state index contributed by atoms with van der Waals surface area (Å²) in [6, 6.07) is 14.2. The van der Waals surface area contributed by atoms with E-state index < -0.39 is 0 Å². The lowest BCUT2D eigenvalue weighted by Crippen LogP contribution is -2.26. The Balaban J connectivity index is 1.97. The van der Waals surface area contributed by atoms with Crippen molar-refractivity contribution >= 4 is 11.6 Å². The molecule has 0 bridgehead atoms. The molecule has 0 radical (unpaired) electrons. The monoisotopic (exact) mass is 332 g/mol. The van der Waals surface area contributed by atoms with Crippen molar-refractivity contribution in [3.63, 3.8) is 0 Å². The summed E-state index contributed by atoms with van der Waals surface area (Å²) in [5, 5.41) is 4.16. The van der Waals surface area contributed by atoms with Crippen LogP contribution in [0.4, 0.5) is 0 Å². The van der Waals surface area contributed by atoms with Crippen molar-refractivity contribution in [1.29, 1.82) is 0 Å². The topological polar surface area (TPSA) is 24.5 Å². The first kappa shape index (κ1) is 17.8. The summed E-state index contributed by atoms with van der Waals surface area (Å²) in [5.41, 5.74) is 3.50. The zero-order chi connectivity index (χ0) is 16.7. The summed E-state index contributed by atoms with van der Waals surface area (Å²) in [4.78, 5) is 2.15. The molecule has 0 aliphatic heterocycles. The van der Waals surface area contributed by atoms with E-state index in [1.165, 1.54) is 11.1 Å². The van der Waals surface area contributed by atoms with E-state index in [2.05, 4.69) is 55.5 Å². The van der Waals surface area contributed by atoms with Crippen LogP contribution in [-0.2, 0) is 13.2 Å². The summed E-state index contributed by atoms with van der Waals surface area (Å²) in [6.07, 6.45) is 0. The van der Waals surface area contributed by atoms with Gasteiger partial charge in [-0.2, -0.15) is 0 Å². The molecule has 2 aromatic rings. The van der Waals surface area contributed by atoms with Crippen LogP contribution in [-0.4, -0.2) is 32.1 Å². The zero-order valence-electron chi connectivity index (χ0n) is 14.1. The van der Waals surface area contributed by atoms with E-state index in [1.807, 2.05) is 18.2 Å². The number of aryl methyl sites for hydroxylation is 1. The average Bonchev–Trinajstić information content (AvgIpc) is 2.50. The molecule has 0 saturated heterocycles. The Hall–Kier alpha value is -1.55. The van der Waals surface area contributed by atoms with E-state index in [0.717, 1.165) is 36.0 Å². The number of nitrogens with one attached hydrogen (secondary N) is 1. The lowest BCUT2D eigenvalue weighted by Gasteiger charge is -2.14. The minimum Gasteiger partial charge on any atom is -0.489 e. The van der Waals surface area contributed by atoms with Gasteiger partial charge in [-0.05, 0) is 44.8 Å². The first-order valence-electron chi connectivity index (χ1n) is 7.87. The first-order chi connectivity index (χ1) is 11.0. The van der Waals surface area contributed by atoms with E-state index >= 15 is 0 Å². The highest BCUT2D eigenvalue weighted by Gasteiger charge is 2.06. The second-order valence-electron chi connectivity index (χ2n) is 6.01. The number of ether oxygens (including phenoxy) is 1. The molecule has 0 heterocycles. The van der Waals surface area contributed by atoms with Gasteiger partial charge in [0, 0.05) is 30.2 Å². The van der Waals surface area contributed by atoms with Gasteiger partial charge in [0.2, 0.25) is 0 Å². The Morgan fingerprint density at radius 2 is 1.96 bits per heavy atom. The Bertz CT molecular complexity index is 629. The van der Waals surface area contributed by atoms with Crippen LogP contribution in [0.1, 0.15) is 16.7 Å². The maximum absolute atomic E-state index is 6.13. The molecule has 0 saturated carbocycles. The maximum Gasteiger partial charge on any atom is 0.124 e. The van der Waals surface area contributed by atoms with Crippen LogP contribution in [0.15, 0.2) is 42.5 Å². The third kappa shape index (κ3) is 6.22. The van der Waals surface area contributed by atoms with Gasteiger partial charge in [0.25, 0.3) is 0 Å². The third-order valence-corrected chi connectivity index (χ3v) is 3.79. The van der Waals surface area contributed by atoms with Gasteiger partial charge in [0.15, 0.2) is 0 Å². The van der Waals surface area contributed by atoms with Crippen LogP contribution in [0, 0.1) is 6.92 Å². The summed E-state index contributed by atoms with van der Waals surface area (Å²) in [6.45, 7) is 5.33. The number of likely N-dealkylation sites (N-methyl/N-ethyl adjacent to an activating group) is 1. The summed E-state index contributed by atoms with van der Waals surface area (Å²) < 4.78 is 6.00. The molecule has 2 rings (SSSR count). The van der Waals surface area contributed by atoms with Crippen molar-refractivity contribution in [2.24, 2.45) is 0 Å². The largest absolute Gasteiger partial charge is 0.489 e. The molecule has 0 spiro atoms. The van der Waals surface area contributed by atoms with Gasteiger partial charge >= 0.3 is 0 Å². The number of hydrogen-bond acceptors (Lipinski definition) is 3. The predicted octanol–water partition coefficient (Wildman–Crippen LogP) is 3.88. The van der Waals surface area contributed by atoms with Crippen LogP contribution in [0.3, 0.4) is 0 Å². The Morgan fingerprint density at radius 1 is 1.13 bits per heavy atom. The molecule has 0 amide bonds. The van der Waals surface area contributed by atoms with Crippen LogP contribution in [0.2, 0.25) is 5.02 Å². The lowest BCUT2D eigenvalue weighted by molar-refractivity contribution is 0.301. The van der Waals surface area contributed by atoms with E-state index in [1.54, 1.807) is 0 Å². The molecule has 3 nitrogen and oxygen atoms in total. The highest BCUT2D eigenvalue weighted by Crippen LogP contribution is 2.24. The van der Waals surface area contributed by atoms with Crippen molar-refractivity contribution in [1.82, 2.24) is 10.2 Å². The fourth-order valence-corrected chi connectivity index (χ4v) is 2.51. The molecule has 0 atom stereocenters. The average molecular weight is 333 g/mol. The number of nitrogens with zero attached hydrogens (tertiary/aromatic N) is 1. The third-order valence-electron chi connectivity index (χ3n) is 3.55. The lowest BCUT2D eigenvalue weighted by atomic mass is 10.1. The first-order valence-corrected chi connectivity index (χ1v) is 8.24. The van der Waals surface area contributed by atoms with E-state index in [9.17, 15) is 0 Å². The normalized spacial score (nSPS) is 11.0. The Morgan fingerprint density at radius 3 is 2.70 bits per heavy atom. The van der Waals surface area contributed by atoms with Gasteiger partial charge in [-0.3, -0.25) is 0 Å². The fraction of sp³-hybridized carbons (Fsp3) is 0.368. The van der Waals surface area contributed by atoms with Gasteiger partial charge < -0.3 is 15.0 Å². The minimum absolute atomic E-state index is 0.564. The van der Waals surface area contributed by atoms with Gasteiger partial charge in [0.1, 0.15) is 12.4 Å². The molecule has 0 aliphatic rings. The fourth-order valence-electron chi connectivity index (χ4n) is 2.32. The van der Waals surface area contributed by atoms with Crippen molar-refractivity contribution in [2.75, 3.05) is 27.2 Å². The van der Waals surface area contributed by atoms with E-state index in [4.69, 9.17) is 16.3 Å². The molecule has 124 valence electrons. The quantitative estimate of drug-likeness (QED) is 0.742. The smallest absolute Gasteiger partial charge is 0.124 e. The van der Waals surface area contributed by atoms with Crippen molar-refractivity contribution in [3.05, 3.63) is 64.2 Å². The molecule has 0 fully saturated rings. The van der Waals surface area contributed by atoms with Gasteiger partial charge in [-0.15, -0.1) is 0 Å². The second kappa shape index (κ2) is 8.92. The van der Waals surface area contributed by atoms with Crippen LogP contribution in [0.5, 0.6) is 5.75 Å². The van der Waals surface area contributed by atoms with E-state index in [-0.39, 0.29) is 0 Å². The molecular formula is C19H25ClN2O. The molecular weight excluding hydrogens is 308 g/mol. The van der Waals surface area contributed by atoms with Crippen LogP contribution in [0.25, 0.3) is 0 Å². The number of rotatable bonds is 8. The van der Waals surface area contributed by atoms with Crippen molar-refractivity contribution in [2.45, 2.75) is 20.1 Å². The molecule has 0 aromatic heterocycles. The van der Waals surface area contributed by atoms with Gasteiger partial charge in [-0.1, -0.05) is 41.4 Å². The van der Waals surface area contributed by atoms with E-state index in [0.29, 0.717) is 6.61 Å². The van der Waals surface area contributed by atoms with Gasteiger partial charge in [0.05, 0.1) is 0 Å². The maximum atomic E-state index is 6.13. The number of hydrogen-bond donors (Lipinski definition) is 1. The Labute approximate surface area is 144 Å². The molecule has 23 heavy (non-hydrogen) atoms. The molecule has 4 heteroatoms. The van der Waals surface area contributed by atoms with Crippen LogP contribution < -0.4 is 10.1 Å². The zero-order valence-corrected chi connectivity index (χ0v) is 14.9. The summed E-state index contributed by atoms with van der Waals surface area (Å²) in [5.74, 6) is 0.883. The van der Waals surface area contributed by atoms with Gasteiger partial charge in [-0.25, -0.2) is 0 Å². The summed E-state index contributed by atoms with van der Waals surface area (Å²) in [7, 11) is 4.13. The van der Waals surface area contributed by atoms with Crippen molar-refractivity contribution in [3.8, 4) is 5.75 Å². The molecule has 2 aromatic carbocycles. The highest BCUT2D eigenvalue weighted by atomic mass is 35.5. The standard InChI is InChI=1S/C19H25ClN2O/c1-15-5-4-6-16(11-15)14-23-19-8-7-18(20)12-17(19)13-21-9-10-22(2)3/h4-8,11-12,21H,9-10,13-14H2,1-3H3. The van der Waals surface area contributed by atoms with Crippen molar-refractivity contribution < 1.29 is 4.74 Å². The molecule has 1 N–H and O–H groups in total. The minimum atomic E-state index is 0.564. The predicted molar refractivity (Wildman–Crippen MR) is 97.2 cm³/mol. The number of halogens is 1. The highest BCUT2D eigenvalue weighted by molar-refractivity contribution is 6.30. The number of benzene rings is 2. The SMILES string of the molecule is Cc1cccc(COc2ccc(Cl)cc2CNCCN(C)C)c1. The Kier molecular flexibility index (Phi) is 6.90. The molecule has 0 unspecified atom stereocenters. The second-order valence-corrected chi connectivity index (χ2v) is 6.45. The molecule has 0 aliphatic carbocycles. The summed E-state index contributed by atoms with van der Waals surface area (Å²) >= 11 is 6.13.